The van der Waals surface area contributed by atoms with E-state index in [1.807, 2.05) is 26.0 Å². The summed E-state index contributed by atoms with van der Waals surface area (Å²) >= 11 is 0. The van der Waals surface area contributed by atoms with Gasteiger partial charge < -0.3 is 11.1 Å². The largest absolute Gasteiger partial charge is 0.349 e. The first-order valence-electron chi connectivity index (χ1n) is 7.00. The topological polar surface area (TPSA) is 68.0 Å². The Morgan fingerprint density at radius 1 is 1.58 bits per heavy atom. The van der Waals surface area contributed by atoms with Crippen molar-refractivity contribution in [3.05, 3.63) is 30.1 Å². The first kappa shape index (κ1) is 14.0. The van der Waals surface area contributed by atoms with E-state index in [0.717, 1.165) is 31.2 Å². The summed E-state index contributed by atoms with van der Waals surface area (Å²) in [6.45, 7) is 3.97. The highest BCUT2D eigenvalue weighted by Crippen LogP contribution is 2.32. The van der Waals surface area contributed by atoms with E-state index >= 15 is 0 Å². The number of hydrogen-bond acceptors (Lipinski definition) is 3. The molecule has 0 radical (unpaired) electrons. The van der Waals surface area contributed by atoms with Gasteiger partial charge in [-0.1, -0.05) is 18.9 Å². The molecule has 104 valence electrons. The Labute approximate surface area is 114 Å². The Kier molecular flexibility index (Phi) is 4.20. The molecule has 0 bridgehead atoms. The van der Waals surface area contributed by atoms with Crippen LogP contribution < -0.4 is 11.1 Å². The van der Waals surface area contributed by atoms with Gasteiger partial charge in [0.05, 0.1) is 12.0 Å². The van der Waals surface area contributed by atoms with Crippen molar-refractivity contribution in [3.8, 4) is 0 Å². The molecule has 2 rings (SSSR count). The van der Waals surface area contributed by atoms with Crippen molar-refractivity contribution in [3.63, 3.8) is 0 Å². The third-order valence-electron chi connectivity index (χ3n) is 4.11. The highest BCUT2D eigenvalue weighted by atomic mass is 16.2. The van der Waals surface area contributed by atoms with Gasteiger partial charge in [-0.15, -0.1) is 0 Å². The lowest BCUT2D eigenvalue weighted by Crippen LogP contribution is -2.53. The third kappa shape index (κ3) is 3.32. The van der Waals surface area contributed by atoms with Gasteiger partial charge in [0.15, 0.2) is 0 Å². The molecule has 1 saturated carbocycles. The van der Waals surface area contributed by atoms with E-state index in [9.17, 15) is 4.79 Å². The first-order chi connectivity index (χ1) is 9.00. The summed E-state index contributed by atoms with van der Waals surface area (Å²) in [5.74, 6) is -0.0126. The number of nitrogens with two attached hydrogens (primary N) is 1. The van der Waals surface area contributed by atoms with Crippen LogP contribution in [-0.4, -0.2) is 16.4 Å². The minimum absolute atomic E-state index is 0.0288. The molecule has 1 heterocycles. The van der Waals surface area contributed by atoms with Gasteiger partial charge in [-0.2, -0.15) is 0 Å². The maximum atomic E-state index is 12.4. The van der Waals surface area contributed by atoms with Crippen LogP contribution in [0.5, 0.6) is 0 Å². The predicted octanol–water partition coefficient (Wildman–Crippen LogP) is 2.17. The molecule has 3 N–H and O–H groups in total. The second-order valence-electron chi connectivity index (χ2n) is 5.82. The summed E-state index contributed by atoms with van der Waals surface area (Å²) in [5, 5.41) is 3.06. The molecular formula is C15H23N3O. The quantitative estimate of drug-likeness (QED) is 0.876. The monoisotopic (exact) mass is 261 g/mol. The van der Waals surface area contributed by atoms with E-state index in [0.29, 0.717) is 0 Å². The van der Waals surface area contributed by atoms with Gasteiger partial charge in [0, 0.05) is 17.9 Å². The van der Waals surface area contributed by atoms with E-state index < -0.39 is 0 Å². The standard InChI is InChI=1S/C15H23N3O/c1-11(12-6-5-9-17-10-12)18-14(19)13-7-3-4-8-15(13,2)16/h5-6,9-11,13H,3-4,7-8,16H2,1-2H3,(H,18,19)/t11-,13?,15?/m0/s1. The van der Waals surface area contributed by atoms with Crippen molar-refractivity contribution < 1.29 is 4.79 Å². The zero-order chi connectivity index (χ0) is 13.9. The van der Waals surface area contributed by atoms with E-state index in [1.165, 1.54) is 0 Å². The molecule has 0 spiro atoms. The molecule has 1 aromatic heterocycles. The zero-order valence-electron chi connectivity index (χ0n) is 11.7. The van der Waals surface area contributed by atoms with Gasteiger partial charge in [0.1, 0.15) is 0 Å². The van der Waals surface area contributed by atoms with Gasteiger partial charge in [0.25, 0.3) is 0 Å². The molecule has 2 unspecified atom stereocenters. The van der Waals surface area contributed by atoms with Gasteiger partial charge >= 0.3 is 0 Å². The fourth-order valence-electron chi connectivity index (χ4n) is 2.82. The number of hydrogen-bond donors (Lipinski definition) is 2. The van der Waals surface area contributed by atoms with Gasteiger partial charge in [-0.3, -0.25) is 9.78 Å². The number of aromatic nitrogens is 1. The van der Waals surface area contributed by atoms with Crippen LogP contribution in [0.3, 0.4) is 0 Å². The molecule has 1 amide bonds. The summed E-state index contributed by atoms with van der Waals surface area (Å²) in [4.78, 5) is 16.5. The van der Waals surface area contributed by atoms with Crippen LogP contribution in [0.15, 0.2) is 24.5 Å². The summed E-state index contributed by atoms with van der Waals surface area (Å²) in [6.07, 6.45) is 7.54. The van der Waals surface area contributed by atoms with Crippen molar-refractivity contribution >= 4 is 5.91 Å². The maximum Gasteiger partial charge on any atom is 0.225 e. The number of rotatable bonds is 3. The summed E-state index contributed by atoms with van der Waals surface area (Å²) < 4.78 is 0. The molecule has 1 aliphatic rings. The zero-order valence-corrected chi connectivity index (χ0v) is 11.7. The van der Waals surface area contributed by atoms with Crippen LogP contribution in [-0.2, 0) is 4.79 Å². The third-order valence-corrected chi connectivity index (χ3v) is 4.11. The van der Waals surface area contributed by atoms with Crippen LogP contribution in [0, 0.1) is 5.92 Å². The number of carbonyl (C=O) groups excluding carboxylic acids is 1. The highest BCUT2D eigenvalue weighted by Gasteiger charge is 2.38. The molecule has 0 aliphatic heterocycles. The van der Waals surface area contributed by atoms with Crippen LogP contribution in [0.4, 0.5) is 0 Å². The second kappa shape index (κ2) is 5.70. The van der Waals surface area contributed by atoms with Crippen molar-refractivity contribution in [1.82, 2.24) is 10.3 Å². The Morgan fingerprint density at radius 2 is 2.37 bits per heavy atom. The molecule has 1 fully saturated rings. The Balaban J connectivity index is 2.01. The lowest BCUT2D eigenvalue weighted by molar-refractivity contribution is -0.128. The van der Waals surface area contributed by atoms with Gasteiger partial charge in [-0.05, 0) is 38.3 Å². The van der Waals surface area contributed by atoms with E-state index in [4.69, 9.17) is 5.73 Å². The van der Waals surface area contributed by atoms with Crippen molar-refractivity contribution in [2.75, 3.05) is 0 Å². The van der Waals surface area contributed by atoms with E-state index in [2.05, 4.69) is 10.3 Å². The SMILES string of the molecule is C[C@H](NC(=O)C1CCCCC1(C)N)c1cccnc1. The number of nitrogens with zero attached hydrogens (tertiary/aromatic N) is 1. The molecule has 0 aromatic carbocycles. The molecule has 3 atom stereocenters. The van der Waals surface area contributed by atoms with Crippen LogP contribution in [0.25, 0.3) is 0 Å². The van der Waals surface area contributed by atoms with Crippen molar-refractivity contribution in [1.29, 1.82) is 0 Å². The maximum absolute atomic E-state index is 12.4. The number of pyridine rings is 1. The Hall–Kier alpha value is -1.42. The number of nitrogens with one attached hydrogen (secondary N) is 1. The van der Waals surface area contributed by atoms with Gasteiger partial charge in [-0.25, -0.2) is 0 Å². The number of amides is 1. The average Bonchev–Trinajstić information content (AvgIpc) is 2.39. The molecule has 0 saturated heterocycles. The van der Waals surface area contributed by atoms with Crippen LogP contribution >= 0.6 is 0 Å². The van der Waals surface area contributed by atoms with E-state index in [-0.39, 0.29) is 23.4 Å². The normalized spacial score (nSPS) is 28.7. The van der Waals surface area contributed by atoms with Gasteiger partial charge in [0.2, 0.25) is 5.91 Å². The van der Waals surface area contributed by atoms with Crippen LogP contribution in [0.1, 0.15) is 51.1 Å². The molecule has 1 aromatic rings. The molecule has 4 nitrogen and oxygen atoms in total. The molecule has 4 heteroatoms. The summed E-state index contributed by atoms with van der Waals surface area (Å²) in [7, 11) is 0. The second-order valence-corrected chi connectivity index (χ2v) is 5.82. The average molecular weight is 261 g/mol. The van der Waals surface area contributed by atoms with Crippen molar-refractivity contribution in [2.24, 2.45) is 11.7 Å². The van der Waals surface area contributed by atoms with E-state index in [1.54, 1.807) is 12.4 Å². The fourth-order valence-corrected chi connectivity index (χ4v) is 2.82. The molecule has 1 aliphatic carbocycles. The fraction of sp³-hybridized carbons (Fsp3) is 0.600. The summed E-state index contributed by atoms with van der Waals surface area (Å²) in [5.41, 5.74) is 6.91. The first-order valence-corrected chi connectivity index (χ1v) is 7.00. The summed E-state index contributed by atoms with van der Waals surface area (Å²) in [6, 6.07) is 3.82. The minimum atomic E-state index is -0.378. The Morgan fingerprint density at radius 3 is 3.00 bits per heavy atom. The lowest BCUT2D eigenvalue weighted by atomic mass is 9.74. The Bertz CT molecular complexity index is 430. The smallest absolute Gasteiger partial charge is 0.225 e. The predicted molar refractivity (Wildman–Crippen MR) is 75.3 cm³/mol. The van der Waals surface area contributed by atoms with Crippen molar-refractivity contribution in [2.45, 2.75) is 51.1 Å². The number of carbonyl (C=O) groups is 1. The molecule has 19 heavy (non-hydrogen) atoms. The van der Waals surface area contributed by atoms with Crippen LogP contribution in [0.2, 0.25) is 0 Å². The highest BCUT2D eigenvalue weighted by molar-refractivity contribution is 5.80. The lowest BCUT2D eigenvalue weighted by Gasteiger charge is -2.37. The molecular weight excluding hydrogens is 238 g/mol. The minimum Gasteiger partial charge on any atom is -0.349 e.